The van der Waals surface area contributed by atoms with Gasteiger partial charge in [0.25, 0.3) is 0 Å². The fraction of sp³-hybridized carbons (Fsp3) is 0.429. The summed E-state index contributed by atoms with van der Waals surface area (Å²) in [5, 5.41) is 0. The fourth-order valence-corrected chi connectivity index (χ4v) is 2.64. The highest BCUT2D eigenvalue weighted by atomic mass is 32.1. The van der Waals surface area contributed by atoms with E-state index in [0.29, 0.717) is 11.6 Å². The van der Waals surface area contributed by atoms with Crippen molar-refractivity contribution in [3.05, 3.63) is 29.8 Å². The first-order valence-corrected chi connectivity index (χ1v) is 6.88. The molecular weight excluding hydrogens is 260 g/mol. The second-order valence-corrected chi connectivity index (χ2v) is 4.92. The number of carbonyl (C=O) groups excluding carboxylic acids is 1. The van der Waals surface area contributed by atoms with Gasteiger partial charge in [-0.3, -0.25) is 0 Å². The summed E-state index contributed by atoms with van der Waals surface area (Å²) in [6.45, 7) is 3.05. The maximum atomic E-state index is 12.0. The largest absolute Gasteiger partial charge is 0.464 e. The zero-order valence-electron chi connectivity index (χ0n) is 11.0. The third-order valence-electron chi connectivity index (χ3n) is 3.29. The molecule has 1 aliphatic rings. The quantitative estimate of drug-likeness (QED) is 0.673. The number of rotatable bonds is 4. The molecule has 1 aromatic carbocycles. The van der Waals surface area contributed by atoms with Gasteiger partial charge in [0.2, 0.25) is 0 Å². The lowest BCUT2D eigenvalue weighted by atomic mass is 10.1. The van der Waals surface area contributed by atoms with E-state index in [1.165, 1.54) is 0 Å². The predicted molar refractivity (Wildman–Crippen MR) is 79.3 cm³/mol. The Morgan fingerprint density at radius 1 is 1.53 bits per heavy atom. The second-order valence-electron chi connectivity index (χ2n) is 4.48. The molecule has 1 fully saturated rings. The predicted octanol–water partition coefficient (Wildman–Crippen LogP) is 1.85. The van der Waals surface area contributed by atoms with Gasteiger partial charge in [-0.1, -0.05) is 24.4 Å². The lowest BCUT2D eigenvalue weighted by molar-refractivity contribution is -0.144. The van der Waals surface area contributed by atoms with Crippen LogP contribution in [0.25, 0.3) is 0 Å². The Morgan fingerprint density at radius 2 is 2.26 bits per heavy atom. The topological polar surface area (TPSA) is 55.6 Å². The first kappa shape index (κ1) is 13.8. The summed E-state index contributed by atoms with van der Waals surface area (Å²) in [6, 6.07) is 7.44. The van der Waals surface area contributed by atoms with E-state index in [-0.39, 0.29) is 12.0 Å². The Bertz CT molecular complexity index is 490. The van der Waals surface area contributed by atoms with E-state index in [9.17, 15) is 4.79 Å². The van der Waals surface area contributed by atoms with E-state index < -0.39 is 0 Å². The van der Waals surface area contributed by atoms with Crippen molar-refractivity contribution >= 4 is 28.9 Å². The maximum absolute atomic E-state index is 12.0. The van der Waals surface area contributed by atoms with Crippen LogP contribution in [0.5, 0.6) is 0 Å². The van der Waals surface area contributed by atoms with Crippen molar-refractivity contribution in [1.29, 1.82) is 0 Å². The van der Waals surface area contributed by atoms with Crippen molar-refractivity contribution in [3.63, 3.8) is 0 Å². The molecule has 5 heteroatoms. The van der Waals surface area contributed by atoms with Crippen LogP contribution in [0.3, 0.4) is 0 Å². The molecule has 0 aliphatic carbocycles. The number of anilines is 1. The van der Waals surface area contributed by atoms with E-state index in [1.54, 1.807) is 0 Å². The molecule has 0 aromatic heterocycles. The van der Waals surface area contributed by atoms with Gasteiger partial charge in [-0.25, -0.2) is 4.79 Å². The minimum atomic E-state index is -0.226. The SMILES string of the molecule is CCOC(=O)C1CCCN1c1ccccc1C(N)=S. The van der Waals surface area contributed by atoms with Crippen LogP contribution in [0.4, 0.5) is 5.69 Å². The summed E-state index contributed by atoms with van der Waals surface area (Å²) < 4.78 is 5.13. The maximum Gasteiger partial charge on any atom is 0.328 e. The first-order valence-electron chi connectivity index (χ1n) is 6.47. The third kappa shape index (κ3) is 2.87. The molecule has 4 nitrogen and oxygen atoms in total. The Hall–Kier alpha value is -1.62. The Morgan fingerprint density at radius 3 is 2.95 bits per heavy atom. The monoisotopic (exact) mass is 278 g/mol. The molecule has 0 bridgehead atoms. The lowest BCUT2D eigenvalue weighted by Gasteiger charge is -2.27. The number of para-hydroxylation sites is 1. The molecule has 1 aromatic rings. The van der Waals surface area contributed by atoms with Gasteiger partial charge in [-0.2, -0.15) is 0 Å². The van der Waals surface area contributed by atoms with Gasteiger partial charge in [-0.15, -0.1) is 0 Å². The average molecular weight is 278 g/mol. The van der Waals surface area contributed by atoms with Gasteiger partial charge < -0.3 is 15.4 Å². The number of ether oxygens (including phenoxy) is 1. The lowest BCUT2D eigenvalue weighted by Crippen LogP contribution is -2.38. The summed E-state index contributed by atoms with van der Waals surface area (Å²) >= 11 is 5.08. The van der Waals surface area contributed by atoms with Crippen LogP contribution < -0.4 is 10.6 Å². The molecule has 1 saturated heterocycles. The number of nitrogens with zero attached hydrogens (tertiary/aromatic N) is 1. The number of nitrogens with two attached hydrogens (primary N) is 1. The van der Waals surface area contributed by atoms with Crippen LogP contribution in [0.2, 0.25) is 0 Å². The summed E-state index contributed by atoms with van der Waals surface area (Å²) in [6.07, 6.45) is 1.78. The minimum Gasteiger partial charge on any atom is -0.464 e. The summed E-state index contributed by atoms with van der Waals surface area (Å²) in [5.74, 6) is -0.169. The highest BCUT2D eigenvalue weighted by Crippen LogP contribution is 2.29. The molecule has 0 spiro atoms. The zero-order chi connectivity index (χ0) is 13.8. The van der Waals surface area contributed by atoms with Gasteiger partial charge in [0.05, 0.1) is 6.61 Å². The van der Waals surface area contributed by atoms with E-state index in [2.05, 4.69) is 0 Å². The molecule has 2 rings (SSSR count). The van der Waals surface area contributed by atoms with E-state index in [1.807, 2.05) is 36.1 Å². The van der Waals surface area contributed by atoms with Crippen LogP contribution in [0.1, 0.15) is 25.3 Å². The van der Waals surface area contributed by atoms with Crippen LogP contribution in [0.15, 0.2) is 24.3 Å². The highest BCUT2D eigenvalue weighted by molar-refractivity contribution is 7.80. The standard InChI is InChI=1S/C14H18N2O2S/c1-2-18-14(17)12-8-5-9-16(12)11-7-4-3-6-10(11)13(15)19/h3-4,6-7,12H,2,5,8-9H2,1H3,(H2,15,19). The first-order chi connectivity index (χ1) is 9.15. The molecule has 0 radical (unpaired) electrons. The number of thiocarbonyl (C=S) groups is 1. The van der Waals surface area contributed by atoms with Gasteiger partial charge >= 0.3 is 5.97 Å². The van der Waals surface area contributed by atoms with Crippen LogP contribution in [0, 0.1) is 0 Å². The molecule has 19 heavy (non-hydrogen) atoms. The number of benzene rings is 1. The average Bonchev–Trinajstić information content (AvgIpc) is 2.88. The number of esters is 1. The minimum absolute atomic E-state index is 0.169. The van der Waals surface area contributed by atoms with Gasteiger partial charge in [0.1, 0.15) is 11.0 Å². The molecule has 102 valence electrons. The normalized spacial score (nSPS) is 18.4. The number of hydrogen-bond donors (Lipinski definition) is 1. The Balaban J connectivity index is 2.30. The van der Waals surface area contributed by atoms with Crippen LogP contribution in [-0.4, -0.2) is 30.2 Å². The van der Waals surface area contributed by atoms with Crippen molar-refractivity contribution in [2.75, 3.05) is 18.1 Å². The smallest absolute Gasteiger partial charge is 0.328 e. The summed E-state index contributed by atoms with van der Waals surface area (Å²) in [4.78, 5) is 14.4. The summed E-state index contributed by atoms with van der Waals surface area (Å²) in [7, 11) is 0. The van der Waals surface area contributed by atoms with Crippen molar-refractivity contribution in [2.45, 2.75) is 25.8 Å². The van der Waals surface area contributed by atoms with Crippen molar-refractivity contribution in [1.82, 2.24) is 0 Å². The van der Waals surface area contributed by atoms with Crippen molar-refractivity contribution in [3.8, 4) is 0 Å². The number of carbonyl (C=O) groups is 1. The zero-order valence-corrected chi connectivity index (χ0v) is 11.8. The van der Waals surface area contributed by atoms with E-state index in [4.69, 9.17) is 22.7 Å². The van der Waals surface area contributed by atoms with Crippen LogP contribution >= 0.6 is 12.2 Å². The molecule has 2 N–H and O–H groups in total. The van der Waals surface area contributed by atoms with E-state index in [0.717, 1.165) is 30.6 Å². The second kappa shape index (κ2) is 6.02. The Kier molecular flexibility index (Phi) is 4.37. The van der Waals surface area contributed by atoms with Crippen molar-refractivity contribution < 1.29 is 9.53 Å². The highest BCUT2D eigenvalue weighted by Gasteiger charge is 2.33. The fourth-order valence-electron chi connectivity index (χ4n) is 2.47. The molecule has 0 saturated carbocycles. The van der Waals surface area contributed by atoms with Gasteiger partial charge in [0, 0.05) is 17.8 Å². The molecule has 0 amide bonds. The number of hydrogen-bond acceptors (Lipinski definition) is 4. The molecule has 1 heterocycles. The molecular formula is C14H18N2O2S. The van der Waals surface area contributed by atoms with Crippen LogP contribution in [-0.2, 0) is 9.53 Å². The third-order valence-corrected chi connectivity index (χ3v) is 3.51. The Labute approximate surface area is 118 Å². The molecule has 1 unspecified atom stereocenters. The van der Waals surface area contributed by atoms with E-state index >= 15 is 0 Å². The summed E-state index contributed by atoms with van der Waals surface area (Å²) in [5.41, 5.74) is 7.49. The van der Waals surface area contributed by atoms with Crippen molar-refractivity contribution in [2.24, 2.45) is 5.73 Å². The van der Waals surface area contributed by atoms with Gasteiger partial charge in [-0.05, 0) is 31.9 Å². The van der Waals surface area contributed by atoms with Gasteiger partial charge in [0.15, 0.2) is 0 Å². The molecule has 1 atom stereocenters. The molecule has 1 aliphatic heterocycles.